The fraction of sp³-hybridized carbons (Fsp3) is 0.375. The molecule has 4 N–H and O–H groups in total. The van der Waals surface area contributed by atoms with Gasteiger partial charge < -0.3 is 20.2 Å². The van der Waals surface area contributed by atoms with Crippen molar-refractivity contribution < 1.29 is 19.8 Å². The summed E-state index contributed by atoms with van der Waals surface area (Å²) in [4.78, 5) is 28.4. The molecule has 0 amide bonds. The van der Waals surface area contributed by atoms with E-state index in [0.717, 1.165) is 22.5 Å². The third-order valence-corrected chi connectivity index (χ3v) is 4.50. The Hall–Kier alpha value is -2.50. The topological polar surface area (TPSA) is 106 Å². The smallest absolute Gasteiger partial charge is 0.352 e. The first-order valence-electron chi connectivity index (χ1n) is 7.01. The van der Waals surface area contributed by atoms with E-state index in [0.29, 0.717) is 11.1 Å². The predicted octanol–water partition coefficient (Wildman–Crippen LogP) is 3.12. The summed E-state index contributed by atoms with van der Waals surface area (Å²) < 4.78 is 0. The molecular weight excluding hydrogens is 284 g/mol. The fourth-order valence-electron chi connectivity index (χ4n) is 2.86. The molecule has 0 aliphatic heterocycles. The molecule has 2 heterocycles. The lowest BCUT2D eigenvalue weighted by atomic mass is 9.96. The molecule has 0 bridgehead atoms. The molecule has 118 valence electrons. The molecule has 0 atom stereocenters. The minimum Gasteiger partial charge on any atom is -0.477 e. The SMILES string of the molecule is Cc1c(C(=O)O)[nH]c(C(C)c2[nH]c(C(=O)O)c(C)c2C)c1C. The minimum atomic E-state index is -0.996. The predicted molar refractivity (Wildman–Crippen MR) is 82.0 cm³/mol. The number of hydrogen-bond donors (Lipinski definition) is 4. The molecule has 2 aromatic rings. The van der Waals surface area contributed by atoms with Crippen LogP contribution in [0.25, 0.3) is 0 Å². The molecule has 6 heteroatoms. The molecule has 0 spiro atoms. The van der Waals surface area contributed by atoms with Gasteiger partial charge in [0.2, 0.25) is 0 Å². The standard InChI is InChI=1S/C16H20N2O4/c1-6-8(3)13(15(19)20)17-11(6)10(5)12-7(2)9(4)14(18-12)16(21)22/h10,17-18H,1-5H3,(H,19,20)(H,21,22). The zero-order valence-electron chi connectivity index (χ0n) is 13.3. The van der Waals surface area contributed by atoms with Crippen LogP contribution in [0.5, 0.6) is 0 Å². The van der Waals surface area contributed by atoms with E-state index in [-0.39, 0.29) is 17.3 Å². The third-order valence-electron chi connectivity index (χ3n) is 4.50. The van der Waals surface area contributed by atoms with Gasteiger partial charge in [-0.05, 0) is 49.9 Å². The molecule has 0 saturated heterocycles. The van der Waals surface area contributed by atoms with Gasteiger partial charge in [-0.15, -0.1) is 0 Å². The van der Waals surface area contributed by atoms with Gasteiger partial charge >= 0.3 is 11.9 Å². The molecule has 2 rings (SSSR count). The lowest BCUT2D eigenvalue weighted by Crippen LogP contribution is -2.03. The fourth-order valence-corrected chi connectivity index (χ4v) is 2.86. The van der Waals surface area contributed by atoms with Crippen LogP contribution in [-0.4, -0.2) is 32.1 Å². The molecule has 0 aromatic carbocycles. The number of H-pyrrole nitrogens is 2. The summed E-state index contributed by atoms with van der Waals surface area (Å²) in [6.07, 6.45) is 0. The molecule has 22 heavy (non-hydrogen) atoms. The number of carboxylic acids is 2. The molecule has 0 aliphatic rings. The van der Waals surface area contributed by atoms with Crippen molar-refractivity contribution >= 4 is 11.9 Å². The Morgan fingerprint density at radius 1 is 0.773 bits per heavy atom. The van der Waals surface area contributed by atoms with Gasteiger partial charge in [-0.1, -0.05) is 6.92 Å². The van der Waals surface area contributed by atoms with Crippen LogP contribution in [0.4, 0.5) is 0 Å². The van der Waals surface area contributed by atoms with Crippen LogP contribution in [0.15, 0.2) is 0 Å². The van der Waals surface area contributed by atoms with Gasteiger partial charge in [0.25, 0.3) is 0 Å². The average Bonchev–Trinajstić information content (AvgIpc) is 2.90. The summed E-state index contributed by atoms with van der Waals surface area (Å²) in [6.45, 7) is 9.19. The first-order valence-corrected chi connectivity index (χ1v) is 7.01. The van der Waals surface area contributed by atoms with Gasteiger partial charge in [0, 0.05) is 17.3 Å². The molecular formula is C16H20N2O4. The molecule has 0 aliphatic carbocycles. The Kier molecular flexibility index (Phi) is 3.87. The highest BCUT2D eigenvalue weighted by Crippen LogP contribution is 2.32. The van der Waals surface area contributed by atoms with Crippen molar-refractivity contribution in [3.8, 4) is 0 Å². The van der Waals surface area contributed by atoms with E-state index in [1.54, 1.807) is 13.8 Å². The second kappa shape index (κ2) is 5.36. The van der Waals surface area contributed by atoms with Crippen LogP contribution >= 0.6 is 0 Å². The first kappa shape index (κ1) is 15.9. The van der Waals surface area contributed by atoms with Gasteiger partial charge in [-0.2, -0.15) is 0 Å². The van der Waals surface area contributed by atoms with E-state index < -0.39 is 11.9 Å². The monoisotopic (exact) mass is 304 g/mol. The number of nitrogens with one attached hydrogen (secondary N) is 2. The highest BCUT2D eigenvalue weighted by atomic mass is 16.4. The van der Waals surface area contributed by atoms with E-state index in [1.165, 1.54) is 0 Å². The Morgan fingerprint density at radius 3 is 1.32 bits per heavy atom. The maximum atomic E-state index is 11.2. The van der Waals surface area contributed by atoms with Crippen molar-refractivity contribution in [1.29, 1.82) is 0 Å². The maximum Gasteiger partial charge on any atom is 0.352 e. The average molecular weight is 304 g/mol. The summed E-state index contributed by atoms with van der Waals surface area (Å²) in [7, 11) is 0. The van der Waals surface area contributed by atoms with E-state index in [9.17, 15) is 19.8 Å². The Bertz CT molecular complexity index is 703. The number of aromatic amines is 2. The van der Waals surface area contributed by atoms with Gasteiger partial charge in [0.1, 0.15) is 11.4 Å². The maximum absolute atomic E-state index is 11.2. The van der Waals surface area contributed by atoms with Gasteiger partial charge in [0.15, 0.2) is 0 Å². The molecule has 0 radical (unpaired) electrons. The summed E-state index contributed by atoms with van der Waals surface area (Å²) in [5.74, 6) is -2.15. The summed E-state index contributed by atoms with van der Waals surface area (Å²) in [6, 6.07) is 0. The van der Waals surface area contributed by atoms with Gasteiger partial charge in [0.05, 0.1) is 0 Å². The van der Waals surface area contributed by atoms with Crippen LogP contribution in [0, 0.1) is 27.7 Å². The number of hydrogen-bond acceptors (Lipinski definition) is 2. The Balaban J connectivity index is 2.56. The van der Waals surface area contributed by atoms with Gasteiger partial charge in [-0.25, -0.2) is 9.59 Å². The van der Waals surface area contributed by atoms with E-state index in [4.69, 9.17) is 0 Å². The van der Waals surface area contributed by atoms with E-state index in [2.05, 4.69) is 9.97 Å². The van der Waals surface area contributed by atoms with Crippen LogP contribution in [0.2, 0.25) is 0 Å². The van der Waals surface area contributed by atoms with Crippen LogP contribution in [0.3, 0.4) is 0 Å². The molecule has 0 fully saturated rings. The van der Waals surface area contributed by atoms with E-state index >= 15 is 0 Å². The second-order valence-electron chi connectivity index (χ2n) is 5.66. The third kappa shape index (κ3) is 2.30. The zero-order valence-corrected chi connectivity index (χ0v) is 13.3. The summed E-state index contributed by atoms with van der Waals surface area (Å²) >= 11 is 0. The van der Waals surface area contributed by atoms with Crippen LogP contribution in [0.1, 0.15) is 67.5 Å². The lowest BCUT2D eigenvalue weighted by molar-refractivity contribution is 0.0679. The van der Waals surface area contributed by atoms with Crippen molar-refractivity contribution in [2.45, 2.75) is 40.5 Å². The highest BCUT2D eigenvalue weighted by Gasteiger charge is 2.25. The molecule has 2 aromatic heterocycles. The lowest BCUT2D eigenvalue weighted by Gasteiger charge is -2.12. The molecule has 6 nitrogen and oxygen atoms in total. The normalized spacial score (nSPS) is 11.2. The second-order valence-corrected chi connectivity index (χ2v) is 5.66. The van der Waals surface area contributed by atoms with Crippen molar-refractivity contribution in [3.05, 3.63) is 45.0 Å². The molecule has 0 saturated carbocycles. The summed E-state index contributed by atoms with van der Waals surface area (Å²) in [5.41, 5.74) is 5.11. The largest absolute Gasteiger partial charge is 0.477 e. The van der Waals surface area contributed by atoms with Crippen molar-refractivity contribution in [2.24, 2.45) is 0 Å². The highest BCUT2D eigenvalue weighted by molar-refractivity contribution is 5.89. The van der Waals surface area contributed by atoms with Crippen LogP contribution < -0.4 is 0 Å². The number of carboxylic acid groups (broad SMARTS) is 2. The van der Waals surface area contributed by atoms with E-state index in [1.807, 2.05) is 20.8 Å². The Labute approximate surface area is 128 Å². The quantitative estimate of drug-likeness (QED) is 0.696. The molecule has 0 unspecified atom stereocenters. The minimum absolute atomic E-state index is 0.154. The van der Waals surface area contributed by atoms with Crippen molar-refractivity contribution in [2.75, 3.05) is 0 Å². The Morgan fingerprint density at radius 2 is 1.09 bits per heavy atom. The van der Waals surface area contributed by atoms with Crippen LogP contribution in [-0.2, 0) is 0 Å². The number of aromatic carboxylic acids is 2. The summed E-state index contributed by atoms with van der Waals surface area (Å²) in [5, 5.41) is 18.4. The first-order chi connectivity index (χ1) is 10.2. The number of carbonyl (C=O) groups is 2. The van der Waals surface area contributed by atoms with Crippen molar-refractivity contribution in [3.63, 3.8) is 0 Å². The zero-order chi connectivity index (χ0) is 16.8. The number of aromatic nitrogens is 2. The number of rotatable bonds is 4. The van der Waals surface area contributed by atoms with Crippen molar-refractivity contribution in [1.82, 2.24) is 9.97 Å². The van der Waals surface area contributed by atoms with Gasteiger partial charge in [-0.3, -0.25) is 0 Å².